The molecule has 0 aliphatic heterocycles. The molecule has 0 spiro atoms. The molecule has 0 aromatic carbocycles. The molecule has 0 aliphatic carbocycles. The molecule has 0 bridgehead atoms. The minimum Gasteiger partial charge on any atom is -0.309 e. The minimum atomic E-state index is -0.208. The fourth-order valence-corrected chi connectivity index (χ4v) is 4.91. The highest BCUT2D eigenvalue weighted by molar-refractivity contribution is 7.98. The number of H-pyrrole nitrogens is 2. The highest BCUT2D eigenvalue weighted by Gasteiger charge is 2.17. The minimum absolute atomic E-state index is 0.0776. The molecule has 0 radical (unpaired) electrons. The largest absolute Gasteiger partial charge is 0.343 e. The zero-order chi connectivity index (χ0) is 19.6. The zero-order valence-corrected chi connectivity index (χ0v) is 17.7. The molecule has 0 saturated carbocycles. The van der Waals surface area contributed by atoms with E-state index >= 15 is 0 Å². The van der Waals surface area contributed by atoms with Gasteiger partial charge in [0, 0.05) is 11.4 Å². The van der Waals surface area contributed by atoms with Crippen molar-refractivity contribution in [2.45, 2.75) is 64.4 Å². The van der Waals surface area contributed by atoms with E-state index < -0.39 is 0 Å². The van der Waals surface area contributed by atoms with Gasteiger partial charge in [-0.15, -0.1) is 16.4 Å². The standard InChI is InChI=1S/C18H25N5O2S2/c1-5-7-23-17(25)21-22-18(23)26-9-13-19-15(24)14-12(8-10(3)6-2)11(4)27-16(14)20-13/h10H,5-9H2,1-4H3,(H,21,25)(H,19,20,24)/t10-/m1/s1. The van der Waals surface area contributed by atoms with Crippen LogP contribution in [-0.2, 0) is 18.7 Å². The van der Waals surface area contributed by atoms with Crippen molar-refractivity contribution < 1.29 is 0 Å². The summed E-state index contributed by atoms with van der Waals surface area (Å²) < 4.78 is 1.61. The molecule has 3 rings (SSSR count). The van der Waals surface area contributed by atoms with Gasteiger partial charge in [-0.1, -0.05) is 39.0 Å². The fourth-order valence-electron chi connectivity index (χ4n) is 2.99. The Morgan fingerprint density at radius 3 is 2.78 bits per heavy atom. The van der Waals surface area contributed by atoms with Gasteiger partial charge in [-0.05, 0) is 31.2 Å². The first-order valence-corrected chi connectivity index (χ1v) is 11.0. The van der Waals surface area contributed by atoms with E-state index in [2.05, 4.69) is 40.9 Å². The Morgan fingerprint density at radius 2 is 2.07 bits per heavy atom. The number of fused-ring (bicyclic) bond motifs is 1. The van der Waals surface area contributed by atoms with Gasteiger partial charge in [-0.2, -0.15) is 0 Å². The number of aryl methyl sites for hydroxylation is 1. The lowest BCUT2D eigenvalue weighted by Gasteiger charge is -2.08. The molecule has 3 aromatic heterocycles. The lowest BCUT2D eigenvalue weighted by molar-refractivity contribution is 0.561. The Bertz CT molecular complexity index is 1050. The van der Waals surface area contributed by atoms with Crippen molar-refractivity contribution in [3.63, 3.8) is 0 Å². The summed E-state index contributed by atoms with van der Waals surface area (Å²) in [4.78, 5) is 34.0. The number of thioether (sulfide) groups is 1. The van der Waals surface area contributed by atoms with Crippen LogP contribution in [0.25, 0.3) is 10.2 Å². The first kappa shape index (κ1) is 19.9. The predicted octanol–water partition coefficient (Wildman–Crippen LogP) is 3.47. The van der Waals surface area contributed by atoms with E-state index in [0.717, 1.165) is 39.9 Å². The summed E-state index contributed by atoms with van der Waals surface area (Å²) in [7, 11) is 0. The average Bonchev–Trinajstić information content (AvgIpc) is 3.14. The molecule has 9 heteroatoms. The zero-order valence-electron chi connectivity index (χ0n) is 16.1. The van der Waals surface area contributed by atoms with E-state index in [1.165, 1.54) is 11.8 Å². The van der Waals surface area contributed by atoms with Gasteiger partial charge in [-0.3, -0.25) is 9.36 Å². The Labute approximate surface area is 165 Å². The quantitative estimate of drug-likeness (QED) is 0.557. The number of hydrogen-bond acceptors (Lipinski definition) is 6. The van der Waals surface area contributed by atoms with Crippen LogP contribution >= 0.6 is 23.1 Å². The number of aromatic amines is 2. The third kappa shape index (κ3) is 4.19. The Balaban J connectivity index is 1.87. The van der Waals surface area contributed by atoms with Gasteiger partial charge >= 0.3 is 5.69 Å². The smallest absolute Gasteiger partial charge is 0.309 e. The summed E-state index contributed by atoms with van der Waals surface area (Å²) in [5.41, 5.74) is 0.840. The molecule has 0 fully saturated rings. The molecular weight excluding hydrogens is 382 g/mol. The van der Waals surface area contributed by atoms with Crippen molar-refractivity contribution in [3.8, 4) is 0 Å². The van der Waals surface area contributed by atoms with Crippen LogP contribution in [0.3, 0.4) is 0 Å². The van der Waals surface area contributed by atoms with Crippen LogP contribution in [0.4, 0.5) is 0 Å². The summed E-state index contributed by atoms with van der Waals surface area (Å²) >= 11 is 2.98. The molecule has 2 N–H and O–H groups in total. The summed E-state index contributed by atoms with van der Waals surface area (Å²) in [5.74, 6) is 1.59. The van der Waals surface area contributed by atoms with Gasteiger partial charge in [-0.25, -0.2) is 14.9 Å². The lowest BCUT2D eigenvalue weighted by atomic mass is 9.98. The molecule has 146 valence electrons. The topological polar surface area (TPSA) is 96.4 Å². The second kappa shape index (κ2) is 8.43. The van der Waals surface area contributed by atoms with Crippen LogP contribution in [-0.4, -0.2) is 24.7 Å². The van der Waals surface area contributed by atoms with Crippen molar-refractivity contribution in [3.05, 3.63) is 37.1 Å². The Hall–Kier alpha value is -1.87. The monoisotopic (exact) mass is 407 g/mol. The molecule has 0 aliphatic rings. The van der Waals surface area contributed by atoms with Gasteiger partial charge in [0.05, 0.1) is 11.1 Å². The molecule has 1 atom stereocenters. The first-order chi connectivity index (χ1) is 12.9. The number of nitrogens with zero attached hydrogens (tertiary/aromatic N) is 3. The maximum atomic E-state index is 12.7. The van der Waals surface area contributed by atoms with Gasteiger partial charge in [0.1, 0.15) is 10.7 Å². The van der Waals surface area contributed by atoms with E-state index in [0.29, 0.717) is 29.2 Å². The van der Waals surface area contributed by atoms with Gasteiger partial charge in [0.15, 0.2) is 5.16 Å². The lowest BCUT2D eigenvalue weighted by Crippen LogP contribution is -2.17. The van der Waals surface area contributed by atoms with Crippen LogP contribution in [0.2, 0.25) is 0 Å². The third-order valence-electron chi connectivity index (χ3n) is 4.67. The highest BCUT2D eigenvalue weighted by atomic mass is 32.2. The summed E-state index contributed by atoms with van der Waals surface area (Å²) in [5, 5.41) is 7.89. The van der Waals surface area contributed by atoms with Crippen molar-refractivity contribution >= 4 is 33.3 Å². The number of thiophene rings is 1. The van der Waals surface area contributed by atoms with Crippen LogP contribution in [0, 0.1) is 12.8 Å². The van der Waals surface area contributed by atoms with Crippen LogP contribution in [0.1, 0.15) is 49.9 Å². The predicted molar refractivity (Wildman–Crippen MR) is 111 cm³/mol. The van der Waals surface area contributed by atoms with Crippen molar-refractivity contribution in [1.82, 2.24) is 24.7 Å². The van der Waals surface area contributed by atoms with Crippen LogP contribution in [0.5, 0.6) is 0 Å². The molecule has 0 amide bonds. The maximum absolute atomic E-state index is 12.7. The molecule has 0 saturated heterocycles. The second-order valence-electron chi connectivity index (χ2n) is 6.80. The number of hydrogen-bond donors (Lipinski definition) is 2. The normalized spacial score (nSPS) is 12.7. The van der Waals surface area contributed by atoms with Crippen molar-refractivity contribution in [2.75, 3.05) is 0 Å². The molecule has 3 aromatic rings. The first-order valence-electron chi connectivity index (χ1n) is 9.23. The summed E-state index contributed by atoms with van der Waals surface area (Å²) in [6.45, 7) is 9.06. The maximum Gasteiger partial charge on any atom is 0.343 e. The van der Waals surface area contributed by atoms with E-state index in [1.807, 2.05) is 6.92 Å². The van der Waals surface area contributed by atoms with Crippen LogP contribution in [0.15, 0.2) is 14.7 Å². The Morgan fingerprint density at radius 1 is 1.30 bits per heavy atom. The second-order valence-corrected chi connectivity index (χ2v) is 8.94. The number of nitrogens with one attached hydrogen (secondary N) is 2. The molecule has 3 heterocycles. The average molecular weight is 408 g/mol. The number of aromatic nitrogens is 5. The highest BCUT2D eigenvalue weighted by Crippen LogP contribution is 2.30. The molecular formula is C18H25N5O2S2. The van der Waals surface area contributed by atoms with Crippen molar-refractivity contribution in [1.29, 1.82) is 0 Å². The molecule has 0 unspecified atom stereocenters. The molecule has 27 heavy (non-hydrogen) atoms. The van der Waals surface area contributed by atoms with Gasteiger partial charge in [0.2, 0.25) is 0 Å². The van der Waals surface area contributed by atoms with E-state index in [-0.39, 0.29) is 11.2 Å². The summed E-state index contributed by atoms with van der Waals surface area (Å²) in [6.07, 6.45) is 2.83. The van der Waals surface area contributed by atoms with Gasteiger partial charge in [0.25, 0.3) is 5.56 Å². The van der Waals surface area contributed by atoms with Crippen molar-refractivity contribution in [2.24, 2.45) is 5.92 Å². The summed E-state index contributed by atoms with van der Waals surface area (Å²) in [6, 6.07) is 0. The molecule has 7 nitrogen and oxygen atoms in total. The van der Waals surface area contributed by atoms with Gasteiger partial charge < -0.3 is 4.98 Å². The third-order valence-corrected chi connectivity index (χ3v) is 6.70. The Kier molecular flexibility index (Phi) is 6.21. The number of rotatable bonds is 8. The van der Waals surface area contributed by atoms with E-state index in [1.54, 1.807) is 15.9 Å². The SMILES string of the molecule is CCCn1c(SCc2nc3sc(C)c(C[C@H](C)CC)c3c(=O)[nH]2)n[nH]c1=O. The van der Waals surface area contributed by atoms with Crippen LogP contribution < -0.4 is 11.2 Å². The van der Waals surface area contributed by atoms with E-state index in [9.17, 15) is 9.59 Å². The van der Waals surface area contributed by atoms with E-state index in [4.69, 9.17) is 0 Å². The fraction of sp³-hybridized carbons (Fsp3) is 0.556.